The Bertz CT molecular complexity index is 448. The zero-order chi connectivity index (χ0) is 14.0. The molecule has 0 saturated heterocycles. The van der Waals surface area contributed by atoms with Gasteiger partial charge in [0, 0.05) is 10.8 Å². The van der Waals surface area contributed by atoms with Crippen LogP contribution in [0.15, 0.2) is 9.52 Å². The molecule has 1 aromatic rings. The zero-order valence-corrected chi connectivity index (χ0v) is 13.2. The van der Waals surface area contributed by atoms with Gasteiger partial charge in [-0.05, 0) is 33.1 Å². The molecule has 5 heteroatoms. The lowest BCUT2D eigenvalue weighted by Crippen LogP contribution is -2.24. The highest BCUT2D eigenvalue weighted by Crippen LogP contribution is 2.28. The van der Waals surface area contributed by atoms with Crippen molar-refractivity contribution < 1.29 is 4.52 Å². The Balaban J connectivity index is 1.92. The third kappa shape index (κ3) is 3.53. The number of hydrogen-bond donors (Lipinski definition) is 1. The van der Waals surface area contributed by atoms with Gasteiger partial charge in [-0.3, -0.25) is 4.99 Å². The summed E-state index contributed by atoms with van der Waals surface area (Å²) in [6.07, 6.45) is 1.22. The Morgan fingerprint density at radius 1 is 1.37 bits per heavy atom. The average molecular weight is 281 g/mol. The lowest BCUT2D eigenvalue weighted by atomic mass is 10.1. The fourth-order valence-corrected chi connectivity index (χ4v) is 3.85. The van der Waals surface area contributed by atoms with Crippen molar-refractivity contribution >= 4 is 16.9 Å². The second-order valence-corrected chi connectivity index (χ2v) is 6.91. The van der Waals surface area contributed by atoms with Gasteiger partial charge in [0.25, 0.3) is 0 Å². The number of nitrogens with one attached hydrogen (secondary N) is 1. The Morgan fingerprint density at radius 2 is 2.11 bits per heavy atom. The molecule has 2 atom stereocenters. The van der Waals surface area contributed by atoms with Crippen LogP contribution in [-0.2, 0) is 0 Å². The van der Waals surface area contributed by atoms with E-state index in [1.807, 2.05) is 25.6 Å². The third-order valence-corrected chi connectivity index (χ3v) is 4.46. The van der Waals surface area contributed by atoms with E-state index in [2.05, 4.69) is 36.2 Å². The molecule has 2 rings (SSSR count). The van der Waals surface area contributed by atoms with Gasteiger partial charge < -0.3 is 9.84 Å². The molecule has 0 saturated carbocycles. The monoisotopic (exact) mass is 281 g/mol. The summed E-state index contributed by atoms with van der Waals surface area (Å²) in [5.74, 6) is 1.62. The van der Waals surface area contributed by atoms with Crippen LogP contribution in [-0.4, -0.2) is 22.1 Å². The first-order valence-corrected chi connectivity index (χ1v) is 7.75. The van der Waals surface area contributed by atoms with Gasteiger partial charge >= 0.3 is 0 Å². The molecule has 19 heavy (non-hydrogen) atoms. The van der Waals surface area contributed by atoms with Crippen LogP contribution in [0.1, 0.15) is 50.3 Å². The number of rotatable bonds is 4. The fourth-order valence-electron chi connectivity index (χ4n) is 2.51. The van der Waals surface area contributed by atoms with E-state index < -0.39 is 0 Å². The van der Waals surface area contributed by atoms with Crippen molar-refractivity contribution in [2.24, 2.45) is 10.9 Å². The van der Waals surface area contributed by atoms with Crippen molar-refractivity contribution in [1.82, 2.24) is 10.5 Å². The molecule has 0 amide bonds. The van der Waals surface area contributed by atoms with Gasteiger partial charge in [-0.15, -0.1) is 0 Å². The van der Waals surface area contributed by atoms with Crippen LogP contribution < -0.4 is 5.32 Å². The van der Waals surface area contributed by atoms with E-state index in [0.717, 1.165) is 34.6 Å². The second-order valence-electron chi connectivity index (χ2n) is 5.62. The van der Waals surface area contributed by atoms with Crippen LogP contribution in [0.4, 0.5) is 0 Å². The number of thioether (sulfide) groups is 1. The van der Waals surface area contributed by atoms with Crippen molar-refractivity contribution in [1.29, 1.82) is 0 Å². The summed E-state index contributed by atoms with van der Waals surface area (Å²) in [4.78, 5) is 4.60. The van der Waals surface area contributed by atoms with E-state index in [4.69, 9.17) is 4.52 Å². The minimum Gasteiger partial charge on any atom is -0.361 e. The number of amidine groups is 1. The number of aromatic nitrogens is 1. The molecule has 2 unspecified atom stereocenters. The van der Waals surface area contributed by atoms with Gasteiger partial charge in [0.1, 0.15) is 5.76 Å². The molecule has 0 aromatic carbocycles. The van der Waals surface area contributed by atoms with Crippen LogP contribution in [0.2, 0.25) is 0 Å². The molecule has 1 aliphatic heterocycles. The Morgan fingerprint density at radius 3 is 2.68 bits per heavy atom. The van der Waals surface area contributed by atoms with Gasteiger partial charge in [0.2, 0.25) is 0 Å². The lowest BCUT2D eigenvalue weighted by Gasteiger charge is -2.15. The minimum absolute atomic E-state index is 0.190. The molecular weight excluding hydrogens is 258 g/mol. The maximum Gasteiger partial charge on any atom is 0.157 e. The molecule has 2 heterocycles. The standard InChI is InChI=1S/C14H23N3OS/c1-8(2)6-12-7-15-14(19-12)16-9(3)13-10(4)17-18-11(13)5/h8-9,12H,6-7H2,1-5H3,(H,15,16). The number of hydrogen-bond acceptors (Lipinski definition) is 5. The van der Waals surface area contributed by atoms with Crippen molar-refractivity contribution in [2.45, 2.75) is 52.3 Å². The highest BCUT2D eigenvalue weighted by atomic mass is 32.2. The quantitative estimate of drug-likeness (QED) is 0.918. The van der Waals surface area contributed by atoms with E-state index in [9.17, 15) is 0 Å². The number of aryl methyl sites for hydroxylation is 2. The lowest BCUT2D eigenvalue weighted by molar-refractivity contribution is 0.391. The molecule has 106 valence electrons. The van der Waals surface area contributed by atoms with Gasteiger partial charge in [0.15, 0.2) is 5.17 Å². The van der Waals surface area contributed by atoms with Gasteiger partial charge in [-0.25, -0.2) is 0 Å². The Hall–Kier alpha value is -0.970. The van der Waals surface area contributed by atoms with Crippen molar-refractivity contribution in [3.8, 4) is 0 Å². The normalized spacial score (nSPS) is 20.7. The molecule has 0 fully saturated rings. The average Bonchev–Trinajstić information content (AvgIpc) is 2.85. The third-order valence-electron chi connectivity index (χ3n) is 3.31. The van der Waals surface area contributed by atoms with E-state index in [1.54, 1.807) is 0 Å². The maximum atomic E-state index is 5.22. The molecule has 1 aromatic heterocycles. The van der Waals surface area contributed by atoms with Gasteiger partial charge in [0.05, 0.1) is 18.3 Å². The minimum atomic E-state index is 0.190. The van der Waals surface area contributed by atoms with E-state index in [-0.39, 0.29) is 6.04 Å². The molecule has 0 bridgehead atoms. The zero-order valence-electron chi connectivity index (χ0n) is 12.4. The van der Waals surface area contributed by atoms with Crippen LogP contribution >= 0.6 is 11.8 Å². The maximum absolute atomic E-state index is 5.22. The van der Waals surface area contributed by atoms with Gasteiger partial charge in [-0.1, -0.05) is 30.8 Å². The van der Waals surface area contributed by atoms with Crippen LogP contribution in [0, 0.1) is 19.8 Å². The van der Waals surface area contributed by atoms with E-state index in [0.29, 0.717) is 5.25 Å². The summed E-state index contributed by atoms with van der Waals surface area (Å²) >= 11 is 1.86. The van der Waals surface area contributed by atoms with Crippen molar-refractivity contribution in [3.05, 3.63) is 17.0 Å². The Labute approximate surface area is 119 Å². The highest BCUT2D eigenvalue weighted by molar-refractivity contribution is 8.14. The molecule has 0 aliphatic carbocycles. The second kappa shape index (κ2) is 5.99. The number of aliphatic imine (C=N–C) groups is 1. The molecule has 0 radical (unpaired) electrons. The molecule has 1 aliphatic rings. The first kappa shape index (κ1) is 14.4. The summed E-state index contributed by atoms with van der Waals surface area (Å²) in [6.45, 7) is 11.5. The summed E-state index contributed by atoms with van der Waals surface area (Å²) in [5, 5.41) is 9.16. The van der Waals surface area contributed by atoms with Crippen LogP contribution in [0.5, 0.6) is 0 Å². The topological polar surface area (TPSA) is 50.4 Å². The smallest absolute Gasteiger partial charge is 0.157 e. The van der Waals surface area contributed by atoms with E-state index in [1.165, 1.54) is 6.42 Å². The SMILES string of the molecule is Cc1noc(C)c1C(C)NC1=NCC(CC(C)C)S1. The fraction of sp³-hybridized carbons (Fsp3) is 0.714. The molecule has 0 spiro atoms. The summed E-state index contributed by atoms with van der Waals surface area (Å²) < 4.78 is 5.22. The summed E-state index contributed by atoms with van der Waals surface area (Å²) in [5.41, 5.74) is 2.11. The Kier molecular flexibility index (Phi) is 4.55. The van der Waals surface area contributed by atoms with Crippen molar-refractivity contribution in [2.75, 3.05) is 6.54 Å². The highest BCUT2D eigenvalue weighted by Gasteiger charge is 2.23. The van der Waals surface area contributed by atoms with Crippen LogP contribution in [0.3, 0.4) is 0 Å². The van der Waals surface area contributed by atoms with E-state index >= 15 is 0 Å². The molecule has 4 nitrogen and oxygen atoms in total. The van der Waals surface area contributed by atoms with Crippen molar-refractivity contribution in [3.63, 3.8) is 0 Å². The van der Waals surface area contributed by atoms with Crippen LogP contribution in [0.25, 0.3) is 0 Å². The largest absolute Gasteiger partial charge is 0.361 e. The first-order valence-electron chi connectivity index (χ1n) is 6.87. The molecule has 1 N–H and O–H groups in total. The van der Waals surface area contributed by atoms with Gasteiger partial charge in [-0.2, -0.15) is 0 Å². The molecular formula is C14H23N3OS. The predicted octanol–water partition coefficient (Wildman–Crippen LogP) is 3.46. The first-order chi connectivity index (χ1) is 8.97. The predicted molar refractivity (Wildman–Crippen MR) is 80.7 cm³/mol. The summed E-state index contributed by atoms with van der Waals surface area (Å²) in [7, 11) is 0. The number of nitrogens with zero attached hydrogens (tertiary/aromatic N) is 2. The summed E-state index contributed by atoms with van der Waals surface area (Å²) in [6, 6.07) is 0.190.